The van der Waals surface area contributed by atoms with Crippen molar-refractivity contribution in [2.24, 2.45) is 0 Å². The number of hydrogen-bond acceptors (Lipinski definition) is 3. The highest BCUT2D eigenvalue weighted by Crippen LogP contribution is 2.09. The summed E-state index contributed by atoms with van der Waals surface area (Å²) in [6.45, 7) is 1.47. The number of aliphatic carboxylic acids is 1. The van der Waals surface area contributed by atoms with Crippen LogP contribution < -0.4 is 0 Å². The van der Waals surface area contributed by atoms with Crippen molar-refractivity contribution in [1.29, 1.82) is 5.26 Å². The first kappa shape index (κ1) is 13.9. The Labute approximate surface area is 107 Å². The lowest BCUT2D eigenvalue weighted by atomic mass is 10.1. The summed E-state index contributed by atoms with van der Waals surface area (Å²) in [5.41, 5.74) is 1.96. The third-order valence-corrected chi connectivity index (χ3v) is 2.43. The highest BCUT2D eigenvalue weighted by molar-refractivity contribution is 5.85. The van der Waals surface area contributed by atoms with Crippen molar-refractivity contribution in [3.8, 4) is 6.07 Å². The molecule has 0 aromatic heterocycles. The zero-order valence-electron chi connectivity index (χ0n) is 10.3. The van der Waals surface area contributed by atoms with E-state index in [0.717, 1.165) is 30.3 Å². The maximum Gasteiger partial charge on any atom is 0.328 e. The number of nitriles is 1. The predicted octanol–water partition coefficient (Wildman–Crippen LogP) is 2.13. The molecule has 0 aliphatic heterocycles. The van der Waals surface area contributed by atoms with Crippen LogP contribution in [0.2, 0.25) is 0 Å². The van der Waals surface area contributed by atoms with Crippen LogP contribution in [0.1, 0.15) is 17.5 Å². The Morgan fingerprint density at radius 1 is 1.56 bits per heavy atom. The molecule has 0 aliphatic carbocycles. The van der Waals surface area contributed by atoms with Crippen molar-refractivity contribution in [2.75, 3.05) is 13.6 Å². The molecule has 0 aliphatic rings. The maximum atomic E-state index is 10.4. The van der Waals surface area contributed by atoms with Crippen LogP contribution in [0.3, 0.4) is 0 Å². The molecule has 0 heterocycles. The summed E-state index contributed by atoms with van der Waals surface area (Å²) in [5.74, 6) is -0.952. The second-order valence-electron chi connectivity index (χ2n) is 4.06. The predicted molar refractivity (Wildman–Crippen MR) is 69.7 cm³/mol. The minimum absolute atomic E-state index is 0.509. The summed E-state index contributed by atoms with van der Waals surface area (Å²) in [4.78, 5) is 12.5. The molecule has 94 valence electrons. The van der Waals surface area contributed by atoms with Crippen molar-refractivity contribution < 1.29 is 9.90 Å². The van der Waals surface area contributed by atoms with Crippen LogP contribution in [0.25, 0.3) is 6.08 Å². The van der Waals surface area contributed by atoms with E-state index in [1.807, 2.05) is 31.3 Å². The van der Waals surface area contributed by atoms with Gasteiger partial charge in [-0.3, -0.25) is 0 Å². The monoisotopic (exact) mass is 244 g/mol. The van der Waals surface area contributed by atoms with Crippen molar-refractivity contribution in [3.05, 3.63) is 41.5 Å². The molecule has 0 saturated heterocycles. The molecule has 1 rings (SSSR count). The molecule has 1 aromatic rings. The lowest BCUT2D eigenvalue weighted by molar-refractivity contribution is -0.131. The Morgan fingerprint density at radius 2 is 2.33 bits per heavy atom. The van der Waals surface area contributed by atoms with Gasteiger partial charge in [-0.2, -0.15) is 5.26 Å². The van der Waals surface area contributed by atoms with E-state index >= 15 is 0 Å². The number of carboxylic acids is 1. The Kier molecular flexibility index (Phi) is 5.62. The fourth-order valence-electron chi connectivity index (χ4n) is 1.59. The summed E-state index contributed by atoms with van der Waals surface area (Å²) >= 11 is 0. The standard InChI is InChI=1S/C14H16N2O2/c1-16(9-3-8-15)11-13-5-2-4-12(10-13)6-7-14(17)18/h2,4-7,10H,3,9,11H2,1H3,(H,17,18). The van der Waals surface area contributed by atoms with Gasteiger partial charge in [0.25, 0.3) is 0 Å². The second-order valence-corrected chi connectivity index (χ2v) is 4.06. The molecule has 0 bridgehead atoms. The smallest absolute Gasteiger partial charge is 0.328 e. The first-order chi connectivity index (χ1) is 8.61. The van der Waals surface area contributed by atoms with E-state index in [1.165, 1.54) is 0 Å². The molecule has 0 saturated carbocycles. The zero-order chi connectivity index (χ0) is 13.4. The zero-order valence-corrected chi connectivity index (χ0v) is 10.3. The van der Waals surface area contributed by atoms with E-state index in [4.69, 9.17) is 10.4 Å². The number of nitrogens with zero attached hydrogens (tertiary/aromatic N) is 2. The SMILES string of the molecule is CN(CCC#N)Cc1cccc(C=CC(=O)O)c1. The van der Waals surface area contributed by atoms with Crippen LogP contribution in [0, 0.1) is 11.3 Å². The van der Waals surface area contributed by atoms with Gasteiger partial charge in [0.15, 0.2) is 0 Å². The van der Waals surface area contributed by atoms with Crippen LogP contribution in [0.15, 0.2) is 30.3 Å². The van der Waals surface area contributed by atoms with Crippen LogP contribution in [0.4, 0.5) is 0 Å². The van der Waals surface area contributed by atoms with Crippen LogP contribution >= 0.6 is 0 Å². The van der Waals surface area contributed by atoms with Crippen LogP contribution in [-0.2, 0) is 11.3 Å². The summed E-state index contributed by atoms with van der Waals surface area (Å²) < 4.78 is 0. The van der Waals surface area contributed by atoms with Gasteiger partial charge in [-0.25, -0.2) is 4.79 Å². The molecular weight excluding hydrogens is 228 g/mol. The molecule has 0 fully saturated rings. The molecule has 0 atom stereocenters. The lowest BCUT2D eigenvalue weighted by Gasteiger charge is -2.14. The highest BCUT2D eigenvalue weighted by Gasteiger charge is 2.00. The molecular formula is C14H16N2O2. The first-order valence-corrected chi connectivity index (χ1v) is 5.67. The van der Waals surface area contributed by atoms with E-state index in [1.54, 1.807) is 6.08 Å². The van der Waals surface area contributed by atoms with Gasteiger partial charge in [0.05, 0.1) is 6.07 Å². The number of hydrogen-bond donors (Lipinski definition) is 1. The van der Waals surface area contributed by atoms with Crippen molar-refractivity contribution >= 4 is 12.0 Å². The van der Waals surface area contributed by atoms with E-state index in [0.29, 0.717) is 6.42 Å². The maximum absolute atomic E-state index is 10.4. The highest BCUT2D eigenvalue weighted by atomic mass is 16.4. The molecule has 4 heteroatoms. The average Bonchev–Trinajstić information content (AvgIpc) is 2.34. The van der Waals surface area contributed by atoms with Crippen molar-refractivity contribution in [2.45, 2.75) is 13.0 Å². The van der Waals surface area contributed by atoms with Crippen molar-refractivity contribution in [1.82, 2.24) is 4.90 Å². The van der Waals surface area contributed by atoms with Crippen molar-refractivity contribution in [3.63, 3.8) is 0 Å². The lowest BCUT2D eigenvalue weighted by Crippen LogP contribution is -2.18. The Balaban J connectivity index is 2.65. The van der Waals surface area contributed by atoms with Gasteiger partial charge in [0, 0.05) is 25.6 Å². The minimum atomic E-state index is -0.952. The molecule has 4 nitrogen and oxygen atoms in total. The minimum Gasteiger partial charge on any atom is -0.478 e. The van der Waals surface area contributed by atoms with Crippen LogP contribution in [0.5, 0.6) is 0 Å². The summed E-state index contributed by atoms with van der Waals surface area (Å²) in [6.07, 6.45) is 3.20. The summed E-state index contributed by atoms with van der Waals surface area (Å²) in [5, 5.41) is 17.1. The van der Waals surface area contributed by atoms with Gasteiger partial charge in [0.1, 0.15) is 0 Å². The van der Waals surface area contributed by atoms with Gasteiger partial charge in [-0.15, -0.1) is 0 Å². The number of rotatable bonds is 6. The van der Waals surface area contributed by atoms with Gasteiger partial charge < -0.3 is 10.0 Å². The first-order valence-electron chi connectivity index (χ1n) is 5.67. The van der Waals surface area contributed by atoms with Gasteiger partial charge in [-0.05, 0) is 24.3 Å². The van der Waals surface area contributed by atoms with Gasteiger partial charge >= 0.3 is 5.97 Å². The Bertz CT molecular complexity index is 475. The fourth-order valence-corrected chi connectivity index (χ4v) is 1.59. The van der Waals surface area contributed by atoms with Crippen LogP contribution in [-0.4, -0.2) is 29.6 Å². The largest absolute Gasteiger partial charge is 0.478 e. The molecule has 1 aromatic carbocycles. The average molecular weight is 244 g/mol. The molecule has 0 amide bonds. The molecule has 0 spiro atoms. The fraction of sp³-hybridized carbons (Fsp3) is 0.286. The van der Waals surface area contributed by atoms with Gasteiger partial charge in [-0.1, -0.05) is 24.3 Å². The summed E-state index contributed by atoms with van der Waals surface area (Å²) in [7, 11) is 1.96. The molecule has 18 heavy (non-hydrogen) atoms. The number of benzene rings is 1. The molecule has 0 unspecified atom stereocenters. The molecule has 0 radical (unpaired) electrons. The third-order valence-electron chi connectivity index (χ3n) is 2.43. The second kappa shape index (κ2) is 7.25. The van der Waals surface area contributed by atoms with E-state index < -0.39 is 5.97 Å². The van der Waals surface area contributed by atoms with E-state index in [2.05, 4.69) is 11.0 Å². The van der Waals surface area contributed by atoms with E-state index in [9.17, 15) is 4.79 Å². The topological polar surface area (TPSA) is 64.3 Å². The van der Waals surface area contributed by atoms with Gasteiger partial charge in [0.2, 0.25) is 0 Å². The summed E-state index contributed by atoms with van der Waals surface area (Å²) in [6, 6.07) is 9.80. The van der Waals surface area contributed by atoms with E-state index in [-0.39, 0.29) is 0 Å². The number of carbonyl (C=O) groups is 1. The Morgan fingerprint density at radius 3 is 3.00 bits per heavy atom. The number of carboxylic acid groups (broad SMARTS) is 1. The Hall–Kier alpha value is -2.12. The third kappa shape index (κ3) is 5.28. The quantitative estimate of drug-likeness (QED) is 0.778. The molecule has 1 N–H and O–H groups in total. The normalized spacial score (nSPS) is 10.7.